The van der Waals surface area contributed by atoms with Crippen LogP contribution in [0.5, 0.6) is 0 Å². The number of piperazine rings is 1. The maximum atomic E-state index is 12.7. The first kappa shape index (κ1) is 17.0. The lowest BCUT2D eigenvalue weighted by Gasteiger charge is -2.37. The maximum Gasteiger partial charge on any atom is 0.243 e. The molecule has 0 saturated carbocycles. The normalized spacial score (nSPS) is 17.5. The second kappa shape index (κ2) is 6.01. The molecule has 0 aromatic heterocycles. The summed E-state index contributed by atoms with van der Waals surface area (Å²) in [6, 6.07) is 7.00. The van der Waals surface area contributed by atoms with Crippen LogP contribution in [-0.4, -0.2) is 49.7 Å². The van der Waals surface area contributed by atoms with Gasteiger partial charge >= 0.3 is 0 Å². The molecule has 22 heavy (non-hydrogen) atoms. The molecule has 0 unspecified atom stereocenters. The van der Waals surface area contributed by atoms with E-state index in [2.05, 4.69) is 0 Å². The van der Waals surface area contributed by atoms with Gasteiger partial charge in [-0.25, -0.2) is 8.42 Å². The molecule has 2 rings (SSSR count). The lowest BCUT2D eigenvalue weighted by molar-refractivity contribution is -0.140. The van der Waals surface area contributed by atoms with E-state index in [0.717, 1.165) is 5.56 Å². The van der Waals surface area contributed by atoms with Crippen LogP contribution in [0.15, 0.2) is 29.2 Å². The van der Waals surface area contributed by atoms with Crippen molar-refractivity contribution in [2.24, 2.45) is 5.41 Å². The second-order valence-electron chi connectivity index (χ2n) is 6.71. The van der Waals surface area contributed by atoms with Crippen LogP contribution in [0.2, 0.25) is 0 Å². The van der Waals surface area contributed by atoms with Crippen molar-refractivity contribution in [1.82, 2.24) is 9.21 Å². The van der Waals surface area contributed by atoms with Crippen LogP contribution in [-0.2, 0) is 14.8 Å². The van der Waals surface area contributed by atoms with Crippen molar-refractivity contribution in [2.45, 2.75) is 32.6 Å². The molecule has 0 atom stereocenters. The van der Waals surface area contributed by atoms with Crippen LogP contribution in [0.1, 0.15) is 26.3 Å². The van der Waals surface area contributed by atoms with Crippen molar-refractivity contribution in [3.8, 4) is 0 Å². The zero-order valence-electron chi connectivity index (χ0n) is 13.7. The molecule has 1 aromatic rings. The number of benzene rings is 1. The van der Waals surface area contributed by atoms with Crippen LogP contribution in [0, 0.1) is 12.3 Å². The van der Waals surface area contributed by atoms with Gasteiger partial charge in [0.15, 0.2) is 0 Å². The van der Waals surface area contributed by atoms with E-state index in [1.165, 1.54) is 4.31 Å². The highest BCUT2D eigenvalue weighted by molar-refractivity contribution is 7.89. The third kappa shape index (κ3) is 3.33. The molecular formula is C16H24N2O3S. The minimum Gasteiger partial charge on any atom is -0.340 e. The summed E-state index contributed by atoms with van der Waals surface area (Å²) in [5.41, 5.74) is 0.313. The number of carbonyl (C=O) groups excluding carboxylic acids is 1. The number of sulfonamides is 1. The van der Waals surface area contributed by atoms with Crippen molar-refractivity contribution < 1.29 is 13.2 Å². The Morgan fingerprint density at radius 2 is 1.59 bits per heavy atom. The number of nitrogens with zero attached hydrogens (tertiary/aromatic N) is 2. The van der Waals surface area contributed by atoms with Crippen molar-refractivity contribution in [1.29, 1.82) is 0 Å². The Morgan fingerprint density at radius 3 is 2.09 bits per heavy atom. The predicted octanol–water partition coefficient (Wildman–Crippen LogP) is 1.87. The smallest absolute Gasteiger partial charge is 0.243 e. The van der Waals surface area contributed by atoms with Crippen LogP contribution in [0.4, 0.5) is 0 Å². The van der Waals surface area contributed by atoms with E-state index in [1.54, 1.807) is 30.0 Å². The van der Waals surface area contributed by atoms with Gasteiger partial charge in [-0.15, -0.1) is 0 Å². The van der Waals surface area contributed by atoms with Gasteiger partial charge in [0.2, 0.25) is 15.9 Å². The molecule has 1 aliphatic heterocycles. The lowest BCUT2D eigenvalue weighted by Crippen LogP contribution is -2.53. The topological polar surface area (TPSA) is 57.7 Å². The molecule has 0 N–H and O–H groups in total. The maximum absolute atomic E-state index is 12.7. The Morgan fingerprint density at radius 1 is 1.05 bits per heavy atom. The van der Waals surface area contributed by atoms with E-state index < -0.39 is 15.4 Å². The number of amides is 1. The van der Waals surface area contributed by atoms with Crippen LogP contribution < -0.4 is 0 Å². The average molecular weight is 324 g/mol. The van der Waals surface area contributed by atoms with Gasteiger partial charge in [0, 0.05) is 31.6 Å². The summed E-state index contributed by atoms with van der Waals surface area (Å²) < 4.78 is 26.9. The van der Waals surface area contributed by atoms with Gasteiger partial charge in [-0.1, -0.05) is 39.0 Å². The molecule has 1 amide bonds. The van der Waals surface area contributed by atoms with Gasteiger partial charge in [-0.05, 0) is 18.6 Å². The summed E-state index contributed by atoms with van der Waals surface area (Å²) in [5.74, 6) is 0.0699. The molecule has 0 spiro atoms. The Bertz CT molecular complexity index is 654. The van der Waals surface area contributed by atoms with E-state index in [-0.39, 0.29) is 5.91 Å². The summed E-state index contributed by atoms with van der Waals surface area (Å²) in [4.78, 5) is 14.4. The average Bonchev–Trinajstić information content (AvgIpc) is 2.46. The quantitative estimate of drug-likeness (QED) is 0.834. The number of carbonyl (C=O) groups is 1. The fourth-order valence-corrected chi connectivity index (χ4v) is 4.24. The second-order valence-corrected chi connectivity index (χ2v) is 8.62. The van der Waals surface area contributed by atoms with Gasteiger partial charge in [-0.2, -0.15) is 4.31 Å². The summed E-state index contributed by atoms with van der Waals surface area (Å²) in [6.45, 7) is 9.02. The Labute approximate surface area is 133 Å². The highest BCUT2D eigenvalue weighted by atomic mass is 32.2. The number of hydrogen-bond donors (Lipinski definition) is 0. The predicted molar refractivity (Wildman–Crippen MR) is 86.0 cm³/mol. The molecule has 122 valence electrons. The Kier molecular flexibility index (Phi) is 4.63. The Balaban J connectivity index is 2.12. The van der Waals surface area contributed by atoms with E-state index in [0.29, 0.717) is 31.1 Å². The fraction of sp³-hybridized carbons (Fsp3) is 0.562. The Hall–Kier alpha value is -1.40. The molecule has 5 nitrogen and oxygen atoms in total. The molecular weight excluding hydrogens is 300 g/mol. The zero-order valence-corrected chi connectivity index (χ0v) is 14.5. The molecule has 0 bridgehead atoms. The van der Waals surface area contributed by atoms with Crippen LogP contribution in [0.3, 0.4) is 0 Å². The highest BCUT2D eigenvalue weighted by Crippen LogP contribution is 2.23. The third-order valence-electron chi connectivity index (χ3n) is 3.88. The molecule has 0 aliphatic carbocycles. The van der Waals surface area contributed by atoms with Gasteiger partial charge in [0.05, 0.1) is 4.90 Å². The van der Waals surface area contributed by atoms with Gasteiger partial charge < -0.3 is 4.90 Å². The molecule has 6 heteroatoms. The van der Waals surface area contributed by atoms with E-state index in [1.807, 2.05) is 26.8 Å². The van der Waals surface area contributed by atoms with Gasteiger partial charge in [0.1, 0.15) is 0 Å². The minimum atomic E-state index is -3.48. The van der Waals surface area contributed by atoms with Crippen molar-refractivity contribution >= 4 is 15.9 Å². The fourth-order valence-electron chi connectivity index (χ4n) is 2.59. The first-order valence-electron chi connectivity index (χ1n) is 7.49. The lowest BCUT2D eigenvalue weighted by atomic mass is 9.94. The van der Waals surface area contributed by atoms with Gasteiger partial charge in [-0.3, -0.25) is 4.79 Å². The van der Waals surface area contributed by atoms with Gasteiger partial charge in [0.25, 0.3) is 0 Å². The van der Waals surface area contributed by atoms with Crippen molar-refractivity contribution in [2.75, 3.05) is 26.2 Å². The molecule has 1 heterocycles. The van der Waals surface area contributed by atoms with E-state index in [9.17, 15) is 13.2 Å². The monoisotopic (exact) mass is 324 g/mol. The summed E-state index contributed by atoms with van der Waals surface area (Å²) in [7, 11) is -3.48. The summed E-state index contributed by atoms with van der Waals surface area (Å²) >= 11 is 0. The molecule has 1 aliphatic rings. The summed E-state index contributed by atoms with van der Waals surface area (Å²) in [5, 5.41) is 0. The SMILES string of the molecule is Cc1ccccc1S(=O)(=O)N1CCN(C(=O)C(C)(C)C)CC1. The van der Waals surface area contributed by atoms with Crippen LogP contribution in [0.25, 0.3) is 0 Å². The number of rotatable bonds is 2. The van der Waals surface area contributed by atoms with Crippen molar-refractivity contribution in [3.63, 3.8) is 0 Å². The third-order valence-corrected chi connectivity index (χ3v) is 5.94. The molecule has 1 fully saturated rings. The first-order chi connectivity index (χ1) is 10.1. The molecule has 1 aromatic carbocycles. The first-order valence-corrected chi connectivity index (χ1v) is 8.93. The molecule has 1 saturated heterocycles. The minimum absolute atomic E-state index is 0.0699. The number of hydrogen-bond acceptors (Lipinski definition) is 3. The summed E-state index contributed by atoms with van der Waals surface area (Å²) in [6.07, 6.45) is 0. The largest absolute Gasteiger partial charge is 0.340 e. The standard InChI is InChI=1S/C16H24N2O3S/c1-13-7-5-6-8-14(13)22(20,21)18-11-9-17(10-12-18)15(19)16(2,3)4/h5-8H,9-12H2,1-4H3. The van der Waals surface area contributed by atoms with Crippen molar-refractivity contribution in [3.05, 3.63) is 29.8 Å². The number of aryl methyl sites for hydroxylation is 1. The zero-order chi connectivity index (χ0) is 16.5. The van der Waals surface area contributed by atoms with E-state index >= 15 is 0 Å². The van der Waals surface area contributed by atoms with E-state index in [4.69, 9.17) is 0 Å². The van der Waals surface area contributed by atoms with Crippen LogP contribution >= 0.6 is 0 Å². The molecule has 0 radical (unpaired) electrons. The highest BCUT2D eigenvalue weighted by Gasteiger charge is 2.34.